The molecule has 1 aromatic carbocycles. The van der Waals surface area contributed by atoms with Gasteiger partial charge in [-0.25, -0.2) is 4.79 Å². The molecule has 84 valence electrons. The maximum atomic E-state index is 11.6. The van der Waals surface area contributed by atoms with E-state index in [1.807, 2.05) is 6.92 Å². The normalized spacial score (nSPS) is 10.7. The van der Waals surface area contributed by atoms with Crippen molar-refractivity contribution in [3.8, 4) is 0 Å². The van der Waals surface area contributed by atoms with Crippen LogP contribution in [0.1, 0.15) is 6.92 Å². The molecule has 0 aliphatic rings. The molecule has 0 spiro atoms. The van der Waals surface area contributed by atoms with Crippen LogP contribution in [0.2, 0.25) is 10.0 Å². The third kappa shape index (κ3) is 1.83. The monoisotopic (exact) mass is 258 g/mol. The second-order valence-corrected chi connectivity index (χ2v) is 3.91. The van der Waals surface area contributed by atoms with Crippen LogP contribution in [0.3, 0.4) is 0 Å². The predicted octanol–water partition coefficient (Wildman–Crippen LogP) is 2.32. The maximum absolute atomic E-state index is 11.6. The predicted molar refractivity (Wildman–Crippen MR) is 62.0 cm³/mol. The molecule has 2 aromatic rings. The van der Waals surface area contributed by atoms with E-state index in [1.54, 1.807) is 12.1 Å². The molecule has 1 heterocycles. The molecule has 2 rings (SSSR count). The van der Waals surface area contributed by atoms with Crippen LogP contribution in [0.25, 0.3) is 11.0 Å². The van der Waals surface area contributed by atoms with Crippen molar-refractivity contribution >= 4 is 40.3 Å². The standard InChI is InChI=1S/C9H8Cl2N4O/c1-2-12-9(16)15-8-4-6(11)5(10)3-7(8)13-14-15/h3-4H,2H2,1H3,(H,12,16). The molecule has 5 nitrogen and oxygen atoms in total. The van der Waals surface area contributed by atoms with Gasteiger partial charge in [-0.3, -0.25) is 0 Å². The van der Waals surface area contributed by atoms with E-state index in [0.717, 1.165) is 4.68 Å². The van der Waals surface area contributed by atoms with Crippen LogP contribution < -0.4 is 5.32 Å². The number of amides is 1. The molecule has 0 atom stereocenters. The van der Waals surface area contributed by atoms with Crippen molar-refractivity contribution in [1.82, 2.24) is 20.3 Å². The Hall–Kier alpha value is -1.33. The number of hydrogen-bond donors (Lipinski definition) is 1. The zero-order chi connectivity index (χ0) is 11.7. The van der Waals surface area contributed by atoms with Gasteiger partial charge in [0, 0.05) is 6.54 Å². The lowest BCUT2D eigenvalue weighted by atomic mass is 10.3. The molecule has 0 saturated carbocycles. The lowest BCUT2D eigenvalue weighted by Crippen LogP contribution is -2.28. The number of halogens is 2. The highest BCUT2D eigenvalue weighted by Crippen LogP contribution is 2.26. The molecule has 0 aliphatic heterocycles. The van der Waals surface area contributed by atoms with Crippen molar-refractivity contribution < 1.29 is 4.79 Å². The van der Waals surface area contributed by atoms with Gasteiger partial charge in [0.2, 0.25) is 0 Å². The van der Waals surface area contributed by atoms with E-state index in [1.165, 1.54) is 0 Å². The summed E-state index contributed by atoms with van der Waals surface area (Å²) >= 11 is 11.7. The summed E-state index contributed by atoms with van der Waals surface area (Å²) in [6.45, 7) is 2.34. The average Bonchev–Trinajstić information content (AvgIpc) is 2.62. The van der Waals surface area contributed by atoms with Crippen molar-refractivity contribution in [2.45, 2.75) is 6.92 Å². The highest BCUT2D eigenvalue weighted by Gasteiger charge is 2.12. The number of nitrogens with one attached hydrogen (secondary N) is 1. The zero-order valence-corrected chi connectivity index (χ0v) is 9.88. The van der Waals surface area contributed by atoms with Gasteiger partial charge in [0.25, 0.3) is 0 Å². The smallest absolute Gasteiger partial charge is 0.336 e. The Bertz CT molecular complexity index is 552. The molecule has 1 amide bonds. The number of aromatic nitrogens is 3. The average molecular weight is 259 g/mol. The third-order valence-corrected chi connectivity index (χ3v) is 2.73. The highest BCUT2D eigenvalue weighted by atomic mass is 35.5. The molecule has 1 aromatic heterocycles. The summed E-state index contributed by atoms with van der Waals surface area (Å²) in [6, 6.07) is 2.79. The Morgan fingerprint density at radius 1 is 1.44 bits per heavy atom. The van der Waals surface area contributed by atoms with E-state index in [9.17, 15) is 4.79 Å². The fraction of sp³-hybridized carbons (Fsp3) is 0.222. The lowest BCUT2D eigenvalue weighted by Gasteiger charge is -2.01. The summed E-state index contributed by atoms with van der Waals surface area (Å²) in [5.41, 5.74) is 1.06. The zero-order valence-electron chi connectivity index (χ0n) is 8.37. The van der Waals surface area contributed by atoms with Gasteiger partial charge in [0.05, 0.1) is 10.0 Å². The lowest BCUT2D eigenvalue weighted by molar-refractivity contribution is 0.240. The molecule has 7 heteroatoms. The number of carbonyl (C=O) groups is 1. The van der Waals surface area contributed by atoms with E-state index < -0.39 is 0 Å². The van der Waals surface area contributed by atoms with Gasteiger partial charge in [-0.05, 0) is 19.1 Å². The summed E-state index contributed by atoms with van der Waals surface area (Å²) in [6.07, 6.45) is 0. The van der Waals surface area contributed by atoms with E-state index >= 15 is 0 Å². The first-order valence-corrected chi connectivity index (χ1v) is 5.37. The summed E-state index contributed by atoms with van der Waals surface area (Å²) in [7, 11) is 0. The minimum absolute atomic E-state index is 0.344. The van der Waals surface area contributed by atoms with Gasteiger partial charge < -0.3 is 5.32 Å². The van der Waals surface area contributed by atoms with Gasteiger partial charge in [-0.2, -0.15) is 4.68 Å². The molecule has 0 radical (unpaired) electrons. The molecule has 0 aliphatic carbocycles. The number of rotatable bonds is 1. The van der Waals surface area contributed by atoms with Gasteiger partial charge >= 0.3 is 6.03 Å². The van der Waals surface area contributed by atoms with E-state index in [0.29, 0.717) is 27.6 Å². The first-order chi connectivity index (χ1) is 7.63. The Balaban J connectivity index is 2.56. The second kappa shape index (κ2) is 4.27. The van der Waals surface area contributed by atoms with Crippen molar-refractivity contribution in [3.05, 3.63) is 22.2 Å². The van der Waals surface area contributed by atoms with Crippen LogP contribution in [-0.4, -0.2) is 27.6 Å². The van der Waals surface area contributed by atoms with E-state index in [2.05, 4.69) is 15.6 Å². The van der Waals surface area contributed by atoms with Crippen LogP contribution in [0.4, 0.5) is 4.79 Å². The van der Waals surface area contributed by atoms with E-state index in [-0.39, 0.29) is 6.03 Å². The minimum atomic E-state index is -0.344. The summed E-state index contributed by atoms with van der Waals surface area (Å²) in [5, 5.41) is 10.9. The van der Waals surface area contributed by atoms with Crippen molar-refractivity contribution in [2.24, 2.45) is 0 Å². The summed E-state index contributed by atoms with van der Waals surface area (Å²) in [4.78, 5) is 11.6. The first-order valence-electron chi connectivity index (χ1n) is 4.62. The first kappa shape index (κ1) is 11.2. The Morgan fingerprint density at radius 3 is 2.81 bits per heavy atom. The summed E-state index contributed by atoms with van der Waals surface area (Å²) < 4.78 is 1.15. The topological polar surface area (TPSA) is 59.8 Å². The fourth-order valence-corrected chi connectivity index (χ4v) is 1.61. The number of hydrogen-bond acceptors (Lipinski definition) is 3. The largest absolute Gasteiger partial charge is 0.344 e. The van der Waals surface area contributed by atoms with Crippen LogP contribution >= 0.6 is 23.2 Å². The maximum Gasteiger partial charge on any atom is 0.344 e. The van der Waals surface area contributed by atoms with Gasteiger partial charge in [0.15, 0.2) is 0 Å². The molecular formula is C9H8Cl2N4O. The number of nitrogens with zero attached hydrogens (tertiary/aromatic N) is 3. The van der Waals surface area contributed by atoms with Crippen LogP contribution in [-0.2, 0) is 0 Å². The quantitative estimate of drug-likeness (QED) is 0.854. The highest BCUT2D eigenvalue weighted by molar-refractivity contribution is 6.42. The van der Waals surface area contributed by atoms with Crippen LogP contribution in [0.5, 0.6) is 0 Å². The Labute approximate surface area is 101 Å². The van der Waals surface area contributed by atoms with Crippen LogP contribution in [0, 0.1) is 0 Å². The summed E-state index contributed by atoms with van der Waals surface area (Å²) in [5.74, 6) is 0. The Morgan fingerprint density at radius 2 is 2.12 bits per heavy atom. The van der Waals surface area contributed by atoms with Crippen LogP contribution in [0.15, 0.2) is 12.1 Å². The molecular weight excluding hydrogens is 251 g/mol. The molecule has 0 bridgehead atoms. The number of benzene rings is 1. The van der Waals surface area contributed by atoms with Gasteiger partial charge in [0.1, 0.15) is 11.0 Å². The SMILES string of the molecule is CCNC(=O)n1nnc2cc(Cl)c(Cl)cc21. The minimum Gasteiger partial charge on any atom is -0.336 e. The van der Waals surface area contributed by atoms with Gasteiger partial charge in [-0.15, -0.1) is 5.10 Å². The molecule has 16 heavy (non-hydrogen) atoms. The molecule has 1 N–H and O–H groups in total. The second-order valence-electron chi connectivity index (χ2n) is 3.09. The Kier molecular flexibility index (Phi) is 2.98. The molecule has 0 unspecified atom stereocenters. The fourth-order valence-electron chi connectivity index (χ4n) is 1.29. The van der Waals surface area contributed by atoms with Crippen molar-refractivity contribution in [2.75, 3.05) is 6.54 Å². The van der Waals surface area contributed by atoms with E-state index in [4.69, 9.17) is 23.2 Å². The number of fused-ring (bicyclic) bond motifs is 1. The third-order valence-electron chi connectivity index (χ3n) is 2.01. The van der Waals surface area contributed by atoms with Gasteiger partial charge in [-0.1, -0.05) is 28.4 Å². The van der Waals surface area contributed by atoms with Crippen molar-refractivity contribution in [1.29, 1.82) is 0 Å². The van der Waals surface area contributed by atoms with Crippen molar-refractivity contribution in [3.63, 3.8) is 0 Å². The molecule has 0 fully saturated rings. The molecule has 0 saturated heterocycles. The number of carbonyl (C=O) groups excluding carboxylic acids is 1.